The molecule has 3 heterocycles. The van der Waals surface area contributed by atoms with Gasteiger partial charge in [0.05, 0.1) is 17.9 Å². The molecule has 2 aliphatic heterocycles. The third-order valence-electron chi connectivity index (χ3n) is 7.84. The largest absolute Gasteiger partial charge is 0.480 e. The first kappa shape index (κ1) is 32.2. The van der Waals surface area contributed by atoms with Crippen LogP contribution in [0.4, 0.5) is 14.5 Å². The van der Waals surface area contributed by atoms with Crippen molar-refractivity contribution in [2.75, 3.05) is 38.1 Å². The van der Waals surface area contributed by atoms with E-state index in [4.69, 9.17) is 5.11 Å². The Kier molecular flexibility index (Phi) is 9.99. The van der Waals surface area contributed by atoms with E-state index < -0.39 is 35.7 Å². The number of hydrogen-bond donors (Lipinski definition) is 1. The molecule has 12 heteroatoms. The molecule has 1 aromatic heterocycles. The lowest BCUT2D eigenvalue weighted by molar-refractivity contribution is -0.139. The number of amides is 2. The highest BCUT2D eigenvalue weighted by atomic mass is 35.5. The van der Waals surface area contributed by atoms with E-state index >= 15 is 8.78 Å². The zero-order chi connectivity index (χ0) is 30.0. The summed E-state index contributed by atoms with van der Waals surface area (Å²) in [5.41, 5.74) is 1.45. The Labute approximate surface area is 259 Å². The molecule has 43 heavy (non-hydrogen) atoms. The predicted octanol–water partition coefficient (Wildman–Crippen LogP) is 5.62. The maximum absolute atomic E-state index is 15.7. The lowest BCUT2D eigenvalue weighted by atomic mass is 9.96. The molecule has 2 amide bonds. The number of piperidine rings is 1. The van der Waals surface area contributed by atoms with Gasteiger partial charge in [0.1, 0.15) is 9.88 Å². The van der Waals surface area contributed by atoms with Crippen LogP contribution in [0, 0.1) is 6.92 Å². The Morgan fingerprint density at radius 1 is 1.07 bits per heavy atom. The van der Waals surface area contributed by atoms with E-state index in [1.54, 1.807) is 37.1 Å². The number of likely N-dealkylation sites (N-methyl/N-ethyl adjacent to an activating group) is 1. The van der Waals surface area contributed by atoms with Crippen molar-refractivity contribution in [2.24, 2.45) is 0 Å². The topological polar surface area (TPSA) is 94.1 Å². The summed E-state index contributed by atoms with van der Waals surface area (Å²) in [7, 11) is 1.73. The summed E-state index contributed by atoms with van der Waals surface area (Å²) in [6.07, 6.45) is 1.47. The van der Waals surface area contributed by atoms with Gasteiger partial charge in [-0.15, -0.1) is 23.7 Å². The number of halogens is 3. The second-order valence-electron chi connectivity index (χ2n) is 10.7. The van der Waals surface area contributed by atoms with Gasteiger partial charge in [-0.05, 0) is 32.9 Å². The lowest BCUT2D eigenvalue weighted by Crippen LogP contribution is -2.46. The molecular formula is C31H33ClF2N4O4S. The number of carbonyl (C=O) groups is 3. The van der Waals surface area contributed by atoms with Crippen LogP contribution in [0.5, 0.6) is 0 Å². The number of allylic oxidation sites excluding steroid dienone is 1. The van der Waals surface area contributed by atoms with Crippen molar-refractivity contribution in [3.63, 3.8) is 0 Å². The molecule has 0 spiro atoms. The second kappa shape index (κ2) is 13.3. The van der Waals surface area contributed by atoms with E-state index in [1.165, 1.54) is 27.2 Å². The molecule has 1 saturated heterocycles. The number of aryl methyl sites for hydroxylation is 1. The van der Waals surface area contributed by atoms with Crippen LogP contribution < -0.4 is 4.90 Å². The van der Waals surface area contributed by atoms with Crippen molar-refractivity contribution in [3.05, 3.63) is 76.8 Å². The maximum atomic E-state index is 15.7. The number of benzene rings is 2. The average molecular weight is 631 g/mol. The van der Waals surface area contributed by atoms with Crippen molar-refractivity contribution in [3.8, 4) is 10.6 Å². The van der Waals surface area contributed by atoms with Crippen LogP contribution in [0.3, 0.4) is 0 Å². The van der Waals surface area contributed by atoms with Gasteiger partial charge in [0, 0.05) is 54.9 Å². The number of likely N-dealkylation sites (tertiary alicyclic amines) is 1. The summed E-state index contributed by atoms with van der Waals surface area (Å²) >= 11 is 1.23. The van der Waals surface area contributed by atoms with Crippen LogP contribution in [0.15, 0.2) is 60.7 Å². The Hall–Kier alpha value is -3.67. The number of nitrogens with zero attached hydrogens (tertiary/aromatic N) is 4. The number of carboxylic acids is 1. The van der Waals surface area contributed by atoms with Crippen molar-refractivity contribution in [1.29, 1.82) is 0 Å². The molecule has 0 unspecified atom stereocenters. The zero-order valence-electron chi connectivity index (χ0n) is 23.8. The van der Waals surface area contributed by atoms with Gasteiger partial charge in [0.2, 0.25) is 5.91 Å². The summed E-state index contributed by atoms with van der Waals surface area (Å²) < 4.78 is 31.4. The summed E-state index contributed by atoms with van der Waals surface area (Å²) in [5.74, 6) is -5.21. The minimum absolute atomic E-state index is 0. The Balaban J connectivity index is 0.00000423. The quantitative estimate of drug-likeness (QED) is 0.356. The van der Waals surface area contributed by atoms with Gasteiger partial charge in [-0.3, -0.25) is 19.3 Å². The predicted molar refractivity (Wildman–Crippen MR) is 165 cm³/mol. The SMILES string of the molecule is Cc1nc(-c2ccccc2)sc1C(=O)N1CCC(F)(F)C(=CC(=O)N2CCC(N(C)CC(=O)O)CC2)c2ccccc21.Cl. The molecule has 2 aliphatic rings. The fourth-order valence-electron chi connectivity index (χ4n) is 5.54. The molecule has 8 nitrogen and oxygen atoms in total. The number of hydrogen-bond acceptors (Lipinski definition) is 6. The number of aromatic nitrogens is 1. The van der Waals surface area contributed by atoms with Gasteiger partial charge in [0.25, 0.3) is 11.8 Å². The number of aliphatic carboxylic acids is 1. The minimum Gasteiger partial charge on any atom is -0.480 e. The summed E-state index contributed by atoms with van der Waals surface area (Å²) in [6, 6.07) is 15.9. The van der Waals surface area contributed by atoms with Crippen molar-refractivity contribution in [1.82, 2.24) is 14.8 Å². The van der Waals surface area contributed by atoms with Gasteiger partial charge in [-0.25, -0.2) is 13.8 Å². The fraction of sp³-hybridized carbons (Fsp3) is 0.355. The van der Waals surface area contributed by atoms with Gasteiger partial charge in [-0.1, -0.05) is 48.5 Å². The molecule has 0 bridgehead atoms. The average Bonchev–Trinajstić information content (AvgIpc) is 3.33. The van der Waals surface area contributed by atoms with Crippen LogP contribution in [-0.4, -0.2) is 82.9 Å². The normalized spacial score (nSPS) is 17.7. The number of alkyl halides is 2. The first-order valence-corrected chi connectivity index (χ1v) is 14.6. The number of anilines is 1. The fourth-order valence-corrected chi connectivity index (χ4v) is 6.56. The van der Waals surface area contributed by atoms with E-state index in [-0.39, 0.29) is 37.1 Å². The van der Waals surface area contributed by atoms with Gasteiger partial charge >= 0.3 is 5.97 Å². The Bertz CT molecular complexity index is 1520. The monoisotopic (exact) mass is 630 g/mol. The number of fused-ring (bicyclic) bond motifs is 1. The van der Waals surface area contributed by atoms with Gasteiger partial charge in [0.15, 0.2) is 0 Å². The third kappa shape index (κ3) is 6.95. The number of carboxylic acid groups (broad SMARTS) is 1. The van der Waals surface area contributed by atoms with Gasteiger partial charge in [-0.2, -0.15) is 0 Å². The van der Waals surface area contributed by atoms with E-state index in [0.29, 0.717) is 47.2 Å². The first-order chi connectivity index (χ1) is 20.0. The van der Waals surface area contributed by atoms with Crippen LogP contribution in [0.2, 0.25) is 0 Å². The molecule has 0 saturated carbocycles. The molecule has 5 rings (SSSR count). The van der Waals surface area contributed by atoms with Crippen molar-refractivity contribution < 1.29 is 28.3 Å². The number of rotatable bonds is 6. The van der Waals surface area contributed by atoms with Crippen LogP contribution >= 0.6 is 23.7 Å². The maximum Gasteiger partial charge on any atom is 0.317 e. The number of para-hydroxylation sites is 1. The molecule has 1 N–H and O–H groups in total. The van der Waals surface area contributed by atoms with E-state index in [1.807, 2.05) is 30.3 Å². The summed E-state index contributed by atoms with van der Waals surface area (Å²) in [5, 5.41) is 9.73. The van der Waals surface area contributed by atoms with Gasteiger partial charge < -0.3 is 14.9 Å². The molecule has 1 fully saturated rings. The second-order valence-corrected chi connectivity index (χ2v) is 11.7. The number of thiazole rings is 1. The smallest absolute Gasteiger partial charge is 0.317 e. The molecule has 2 aromatic carbocycles. The molecule has 0 aliphatic carbocycles. The summed E-state index contributed by atoms with van der Waals surface area (Å²) in [6.45, 7) is 2.08. The summed E-state index contributed by atoms with van der Waals surface area (Å²) in [4.78, 5) is 47.7. The first-order valence-electron chi connectivity index (χ1n) is 13.8. The zero-order valence-corrected chi connectivity index (χ0v) is 25.5. The molecule has 3 aromatic rings. The lowest BCUT2D eigenvalue weighted by Gasteiger charge is -2.36. The highest BCUT2D eigenvalue weighted by Crippen LogP contribution is 2.44. The molecule has 228 valence electrons. The Morgan fingerprint density at radius 3 is 2.40 bits per heavy atom. The molecule has 0 radical (unpaired) electrons. The highest BCUT2D eigenvalue weighted by molar-refractivity contribution is 7.17. The van der Waals surface area contributed by atoms with Crippen LogP contribution in [0.1, 0.15) is 40.2 Å². The molecular weight excluding hydrogens is 598 g/mol. The van der Waals surface area contributed by atoms with Crippen molar-refractivity contribution >= 4 is 52.8 Å². The van der Waals surface area contributed by atoms with Crippen LogP contribution in [-0.2, 0) is 9.59 Å². The standard InChI is InChI=1S/C31H32F2N4O4S.ClH/c1-20-28(42-29(34-20)21-8-4-3-5-9-21)30(41)37-17-14-31(32,33)24(23-10-6-7-11-25(23)37)18-26(38)36-15-12-22(13-16-36)35(2)19-27(39)40;/h3-11,18,22H,12-17,19H2,1-2H3,(H,39,40);1H. The van der Waals surface area contributed by atoms with Crippen LogP contribution in [0.25, 0.3) is 16.1 Å². The van der Waals surface area contributed by atoms with E-state index in [2.05, 4.69) is 4.98 Å². The minimum atomic E-state index is -3.35. The third-order valence-corrected chi connectivity index (χ3v) is 9.03. The van der Waals surface area contributed by atoms with E-state index in [0.717, 1.165) is 11.6 Å². The molecule has 0 atom stereocenters. The van der Waals surface area contributed by atoms with E-state index in [9.17, 15) is 14.4 Å². The number of carbonyl (C=O) groups excluding carboxylic acids is 2. The van der Waals surface area contributed by atoms with Crippen molar-refractivity contribution in [2.45, 2.75) is 38.2 Å². The highest BCUT2D eigenvalue weighted by Gasteiger charge is 2.42. The Morgan fingerprint density at radius 2 is 1.72 bits per heavy atom.